The Bertz CT molecular complexity index is 1030. The Morgan fingerprint density at radius 2 is 1.88 bits per heavy atom. The van der Waals surface area contributed by atoms with E-state index >= 15 is 0 Å². The van der Waals surface area contributed by atoms with Crippen molar-refractivity contribution in [1.82, 2.24) is 0 Å². The summed E-state index contributed by atoms with van der Waals surface area (Å²) in [5.74, 6) is -0.00145. The normalized spacial score (nSPS) is 10.9. The molecule has 4 nitrogen and oxygen atoms in total. The molecule has 0 aliphatic rings. The SMILES string of the molecule is CCOC(=O)c1cccc2c(=O)c(C)c(-c3ccc(C)cc3C)oc12. The average molecular weight is 336 g/mol. The number of rotatable bonds is 3. The Morgan fingerprint density at radius 3 is 2.56 bits per heavy atom. The molecule has 0 N–H and O–H groups in total. The monoisotopic (exact) mass is 336 g/mol. The van der Waals surface area contributed by atoms with Crippen LogP contribution in [0.5, 0.6) is 0 Å². The third-order valence-electron chi connectivity index (χ3n) is 4.27. The van der Waals surface area contributed by atoms with Crippen molar-refractivity contribution in [2.75, 3.05) is 6.61 Å². The predicted octanol–water partition coefficient (Wildman–Crippen LogP) is 4.56. The summed E-state index contributed by atoms with van der Waals surface area (Å²) in [4.78, 5) is 25.1. The lowest BCUT2D eigenvalue weighted by Crippen LogP contribution is -2.11. The molecular weight excluding hydrogens is 316 g/mol. The van der Waals surface area contributed by atoms with E-state index in [1.807, 2.05) is 32.0 Å². The maximum atomic E-state index is 12.8. The van der Waals surface area contributed by atoms with Gasteiger partial charge in [0.1, 0.15) is 11.3 Å². The number of aryl methyl sites for hydroxylation is 2. The van der Waals surface area contributed by atoms with Crippen LogP contribution in [0.3, 0.4) is 0 Å². The number of esters is 1. The van der Waals surface area contributed by atoms with Crippen LogP contribution in [0.1, 0.15) is 34.0 Å². The molecule has 1 heterocycles. The molecular formula is C21H20O4. The van der Waals surface area contributed by atoms with Crippen LogP contribution in [-0.4, -0.2) is 12.6 Å². The smallest absolute Gasteiger partial charge is 0.341 e. The third-order valence-corrected chi connectivity index (χ3v) is 4.27. The molecule has 25 heavy (non-hydrogen) atoms. The highest BCUT2D eigenvalue weighted by Crippen LogP contribution is 2.30. The van der Waals surface area contributed by atoms with Gasteiger partial charge in [-0.1, -0.05) is 29.8 Å². The molecule has 3 aromatic rings. The molecule has 0 fully saturated rings. The molecule has 3 rings (SSSR count). The summed E-state index contributed by atoms with van der Waals surface area (Å²) >= 11 is 0. The number of ether oxygens (including phenoxy) is 1. The Balaban J connectivity index is 2.34. The fraction of sp³-hybridized carbons (Fsp3) is 0.238. The maximum Gasteiger partial charge on any atom is 0.341 e. The van der Waals surface area contributed by atoms with Crippen molar-refractivity contribution in [2.45, 2.75) is 27.7 Å². The number of hydrogen-bond donors (Lipinski definition) is 0. The van der Waals surface area contributed by atoms with Crippen LogP contribution in [0.15, 0.2) is 45.6 Å². The molecule has 1 aromatic heterocycles. The molecule has 0 saturated heterocycles. The molecule has 0 atom stereocenters. The van der Waals surface area contributed by atoms with Crippen molar-refractivity contribution >= 4 is 16.9 Å². The zero-order valence-electron chi connectivity index (χ0n) is 14.8. The first-order chi connectivity index (χ1) is 11.9. The molecule has 0 aliphatic carbocycles. The molecule has 0 spiro atoms. The summed E-state index contributed by atoms with van der Waals surface area (Å²) in [6, 6.07) is 10.9. The average Bonchev–Trinajstić information content (AvgIpc) is 2.58. The molecule has 0 radical (unpaired) electrons. The lowest BCUT2D eigenvalue weighted by Gasteiger charge is -2.12. The Hall–Kier alpha value is -2.88. The van der Waals surface area contributed by atoms with Crippen LogP contribution < -0.4 is 5.43 Å². The van der Waals surface area contributed by atoms with Gasteiger partial charge in [0.2, 0.25) is 0 Å². The van der Waals surface area contributed by atoms with Gasteiger partial charge in [-0.3, -0.25) is 4.79 Å². The summed E-state index contributed by atoms with van der Waals surface area (Å²) in [5, 5.41) is 0.386. The quantitative estimate of drug-likeness (QED) is 0.658. The minimum atomic E-state index is -0.494. The van der Waals surface area contributed by atoms with E-state index in [9.17, 15) is 9.59 Å². The second-order valence-corrected chi connectivity index (χ2v) is 6.11. The van der Waals surface area contributed by atoms with E-state index in [4.69, 9.17) is 9.15 Å². The van der Waals surface area contributed by atoms with E-state index in [1.165, 1.54) is 0 Å². The Labute approximate surface area is 146 Å². The minimum absolute atomic E-state index is 0.137. The molecule has 4 heteroatoms. The zero-order chi connectivity index (χ0) is 18.1. The highest BCUT2D eigenvalue weighted by Gasteiger charge is 2.19. The van der Waals surface area contributed by atoms with Gasteiger partial charge in [0.15, 0.2) is 11.0 Å². The predicted molar refractivity (Wildman–Crippen MR) is 98.1 cm³/mol. The summed E-state index contributed by atoms with van der Waals surface area (Å²) in [6.07, 6.45) is 0. The van der Waals surface area contributed by atoms with Crippen LogP contribution in [0.2, 0.25) is 0 Å². The van der Waals surface area contributed by atoms with E-state index < -0.39 is 5.97 Å². The van der Waals surface area contributed by atoms with Gasteiger partial charge in [-0.25, -0.2) is 4.79 Å². The number of para-hydroxylation sites is 1. The Kier molecular flexibility index (Phi) is 4.45. The minimum Gasteiger partial charge on any atom is -0.462 e. The van der Waals surface area contributed by atoms with E-state index in [0.29, 0.717) is 16.7 Å². The first-order valence-corrected chi connectivity index (χ1v) is 8.25. The van der Waals surface area contributed by atoms with Crippen molar-refractivity contribution in [2.24, 2.45) is 0 Å². The molecule has 0 saturated carbocycles. The van der Waals surface area contributed by atoms with Crippen LogP contribution in [0.25, 0.3) is 22.3 Å². The number of fused-ring (bicyclic) bond motifs is 1. The molecule has 0 bridgehead atoms. The van der Waals surface area contributed by atoms with Gasteiger partial charge in [0.25, 0.3) is 0 Å². The molecule has 128 valence electrons. The number of hydrogen-bond acceptors (Lipinski definition) is 4. The number of carbonyl (C=O) groups excluding carboxylic acids is 1. The van der Waals surface area contributed by atoms with Gasteiger partial charge in [-0.15, -0.1) is 0 Å². The lowest BCUT2D eigenvalue weighted by atomic mass is 9.99. The summed E-state index contributed by atoms with van der Waals surface area (Å²) in [5.41, 5.74) is 3.92. The number of benzene rings is 2. The molecule has 0 amide bonds. The van der Waals surface area contributed by atoms with E-state index in [2.05, 4.69) is 0 Å². The largest absolute Gasteiger partial charge is 0.462 e. The fourth-order valence-electron chi connectivity index (χ4n) is 3.00. The standard InChI is InChI=1S/C21H20O4/c1-5-24-21(23)17-8-6-7-16-18(22)14(4)19(25-20(16)17)15-10-9-12(2)11-13(15)3/h6-11H,5H2,1-4H3. The van der Waals surface area contributed by atoms with E-state index in [0.717, 1.165) is 16.7 Å². The van der Waals surface area contributed by atoms with Crippen molar-refractivity contribution in [3.8, 4) is 11.3 Å². The first kappa shape index (κ1) is 17.0. The topological polar surface area (TPSA) is 56.5 Å². The van der Waals surface area contributed by atoms with Crippen LogP contribution >= 0.6 is 0 Å². The number of carbonyl (C=O) groups is 1. The van der Waals surface area contributed by atoms with Crippen molar-refractivity contribution in [3.05, 3.63) is 68.9 Å². The van der Waals surface area contributed by atoms with Gasteiger partial charge in [-0.2, -0.15) is 0 Å². The summed E-state index contributed by atoms with van der Waals surface area (Å²) < 4.78 is 11.2. The Morgan fingerprint density at radius 1 is 1.12 bits per heavy atom. The van der Waals surface area contributed by atoms with Crippen molar-refractivity contribution < 1.29 is 13.9 Å². The zero-order valence-corrected chi connectivity index (χ0v) is 14.8. The van der Waals surface area contributed by atoms with Gasteiger partial charge in [0, 0.05) is 11.1 Å². The van der Waals surface area contributed by atoms with Gasteiger partial charge < -0.3 is 9.15 Å². The molecule has 0 unspecified atom stereocenters. The molecule has 0 aliphatic heterocycles. The van der Waals surface area contributed by atoms with E-state index in [-0.39, 0.29) is 23.2 Å². The fourth-order valence-corrected chi connectivity index (χ4v) is 3.00. The van der Waals surface area contributed by atoms with Gasteiger partial charge in [0.05, 0.1) is 12.0 Å². The van der Waals surface area contributed by atoms with E-state index in [1.54, 1.807) is 32.0 Å². The first-order valence-electron chi connectivity index (χ1n) is 8.25. The maximum absolute atomic E-state index is 12.8. The second kappa shape index (κ2) is 6.55. The van der Waals surface area contributed by atoms with Crippen LogP contribution in [-0.2, 0) is 4.74 Å². The second-order valence-electron chi connectivity index (χ2n) is 6.11. The summed E-state index contributed by atoms with van der Waals surface area (Å²) in [6.45, 7) is 7.74. The van der Waals surface area contributed by atoms with Gasteiger partial charge >= 0.3 is 5.97 Å². The van der Waals surface area contributed by atoms with Crippen molar-refractivity contribution in [3.63, 3.8) is 0 Å². The van der Waals surface area contributed by atoms with Gasteiger partial charge in [-0.05, 0) is 45.4 Å². The van der Waals surface area contributed by atoms with Crippen LogP contribution in [0, 0.1) is 20.8 Å². The molecule has 2 aromatic carbocycles. The van der Waals surface area contributed by atoms with Crippen molar-refractivity contribution in [1.29, 1.82) is 0 Å². The third kappa shape index (κ3) is 2.95. The highest BCUT2D eigenvalue weighted by molar-refractivity contribution is 6.02. The lowest BCUT2D eigenvalue weighted by molar-refractivity contribution is 0.0527. The highest BCUT2D eigenvalue weighted by atomic mass is 16.5. The van der Waals surface area contributed by atoms with Crippen LogP contribution in [0.4, 0.5) is 0 Å². The summed E-state index contributed by atoms with van der Waals surface area (Å²) in [7, 11) is 0.